The van der Waals surface area contributed by atoms with E-state index >= 15 is 0 Å². The topological polar surface area (TPSA) is 131 Å². The van der Waals surface area contributed by atoms with Crippen LogP contribution in [0.25, 0.3) is 6.08 Å². The van der Waals surface area contributed by atoms with E-state index in [-0.39, 0.29) is 68.7 Å². The van der Waals surface area contributed by atoms with E-state index in [2.05, 4.69) is 47.4 Å². The number of rotatable bonds is 10. The summed E-state index contributed by atoms with van der Waals surface area (Å²) in [7, 11) is 2.85. The molecule has 1 aromatic rings. The molecule has 4 fully saturated rings. The SMILES string of the molecule is COC(=O)/C=C/c1ccc(OC(=O)[C@@]2(C)CC[C@]3(C)CC[C@]4(C)C(=CC(=O)[C@@H]5[C@@]6(C)CC[C@H](OC(=O)[C@@H](N)CC[Se]C)C(C)(C)[C@@H]6CC[C@]54C)[C@@H]3C2)c(OC)c1. The number of fused-ring (bicyclic) bond motifs is 7. The van der Waals surface area contributed by atoms with Crippen LogP contribution in [0.4, 0.5) is 0 Å². The van der Waals surface area contributed by atoms with Gasteiger partial charge in [0.2, 0.25) is 0 Å². The van der Waals surface area contributed by atoms with E-state index in [9.17, 15) is 19.2 Å². The van der Waals surface area contributed by atoms with Crippen LogP contribution in [0.3, 0.4) is 0 Å². The molecule has 10 atom stereocenters. The molecule has 0 unspecified atom stereocenters. The average molecular weight is 839 g/mol. The van der Waals surface area contributed by atoms with Gasteiger partial charge >= 0.3 is 181 Å². The molecular formula is C46H65NO8Se. The Bertz CT molecular complexity index is 1800. The fraction of sp³-hybridized carbons (Fsp3) is 0.696. The second-order valence-corrected chi connectivity index (χ2v) is 21.7. The third-order valence-corrected chi connectivity index (χ3v) is 17.6. The molecule has 2 N–H and O–H groups in total. The number of carbonyl (C=O) groups is 4. The zero-order valence-corrected chi connectivity index (χ0v) is 37.1. The van der Waals surface area contributed by atoms with Crippen LogP contribution in [0.5, 0.6) is 11.5 Å². The minimum absolute atomic E-state index is 0.0239. The van der Waals surface area contributed by atoms with Crippen molar-refractivity contribution in [1.29, 1.82) is 0 Å². The van der Waals surface area contributed by atoms with Crippen LogP contribution in [0.2, 0.25) is 11.1 Å². The van der Waals surface area contributed by atoms with Crippen molar-refractivity contribution in [2.75, 3.05) is 14.2 Å². The number of hydrogen-bond acceptors (Lipinski definition) is 9. The van der Waals surface area contributed by atoms with Gasteiger partial charge in [-0.1, -0.05) is 25.5 Å². The van der Waals surface area contributed by atoms with Crippen LogP contribution in [0.15, 0.2) is 35.9 Å². The second-order valence-electron chi connectivity index (χ2n) is 19.6. The van der Waals surface area contributed by atoms with Gasteiger partial charge in [-0.2, -0.15) is 0 Å². The summed E-state index contributed by atoms with van der Waals surface area (Å²) in [5, 5.41) is 0.960. The summed E-state index contributed by atoms with van der Waals surface area (Å²) >= 11 is 0.464. The van der Waals surface area contributed by atoms with E-state index in [1.807, 2.05) is 13.0 Å². The molecule has 10 heteroatoms. The van der Waals surface area contributed by atoms with Crippen molar-refractivity contribution >= 4 is 44.7 Å². The van der Waals surface area contributed by atoms with E-state index in [1.165, 1.54) is 25.9 Å². The van der Waals surface area contributed by atoms with Gasteiger partial charge in [0.1, 0.15) is 0 Å². The first-order chi connectivity index (χ1) is 26.2. The Balaban J connectivity index is 1.26. The Kier molecular flexibility index (Phi) is 11.7. The molecule has 0 heterocycles. The molecule has 0 amide bonds. The summed E-state index contributed by atoms with van der Waals surface area (Å²) in [4.78, 5) is 53.9. The van der Waals surface area contributed by atoms with Crippen LogP contribution in [0, 0.1) is 50.2 Å². The molecule has 0 saturated heterocycles. The van der Waals surface area contributed by atoms with Crippen LogP contribution < -0.4 is 15.2 Å². The fourth-order valence-corrected chi connectivity index (χ4v) is 13.5. The number of nitrogens with two attached hydrogens (primary N) is 1. The zero-order valence-electron chi connectivity index (χ0n) is 35.4. The summed E-state index contributed by atoms with van der Waals surface area (Å²) in [5.41, 5.74) is 6.42. The summed E-state index contributed by atoms with van der Waals surface area (Å²) in [5.74, 6) is 2.20. The Hall–Kier alpha value is -2.94. The molecule has 0 aliphatic heterocycles. The van der Waals surface area contributed by atoms with Gasteiger partial charge in [-0.25, -0.2) is 4.79 Å². The molecule has 9 nitrogen and oxygen atoms in total. The van der Waals surface area contributed by atoms with Gasteiger partial charge in [0.15, 0.2) is 11.5 Å². The van der Waals surface area contributed by atoms with Crippen molar-refractivity contribution in [1.82, 2.24) is 0 Å². The molecule has 5 aliphatic carbocycles. The van der Waals surface area contributed by atoms with E-state index in [4.69, 9.17) is 24.7 Å². The first-order valence-corrected chi connectivity index (χ1v) is 23.5. The molecular weight excluding hydrogens is 773 g/mol. The first-order valence-electron chi connectivity index (χ1n) is 20.6. The predicted molar refractivity (Wildman–Crippen MR) is 218 cm³/mol. The van der Waals surface area contributed by atoms with Crippen LogP contribution in [-0.4, -0.2) is 65.0 Å². The Morgan fingerprint density at radius 1 is 0.946 bits per heavy atom. The van der Waals surface area contributed by atoms with Gasteiger partial charge in [-0.05, 0) is 74.1 Å². The average Bonchev–Trinajstić information content (AvgIpc) is 3.15. The number of hydrogen-bond donors (Lipinski definition) is 1. The Morgan fingerprint density at radius 2 is 1.66 bits per heavy atom. The molecule has 5 aliphatic rings. The fourth-order valence-electron chi connectivity index (χ4n) is 12.5. The molecule has 56 heavy (non-hydrogen) atoms. The van der Waals surface area contributed by atoms with Gasteiger partial charge in [-0.15, -0.1) is 0 Å². The molecule has 1 aromatic carbocycles. The number of allylic oxidation sites excluding steroid dienone is 2. The Morgan fingerprint density at radius 3 is 2.34 bits per heavy atom. The summed E-state index contributed by atoms with van der Waals surface area (Å²) in [6, 6.07) is 4.61. The zero-order chi connectivity index (χ0) is 41.1. The normalized spacial score (nSPS) is 37.8. The number of ketones is 1. The van der Waals surface area contributed by atoms with Gasteiger partial charge in [-0.3, -0.25) is 4.79 Å². The van der Waals surface area contributed by atoms with Crippen LogP contribution in [0.1, 0.15) is 118 Å². The van der Waals surface area contributed by atoms with Crippen molar-refractivity contribution < 1.29 is 38.1 Å². The van der Waals surface area contributed by atoms with Crippen LogP contribution in [-0.2, 0) is 28.7 Å². The molecule has 0 radical (unpaired) electrons. The van der Waals surface area contributed by atoms with Gasteiger partial charge in [0, 0.05) is 6.08 Å². The van der Waals surface area contributed by atoms with E-state index in [1.54, 1.807) is 24.3 Å². The molecule has 0 spiro atoms. The molecule has 0 aromatic heterocycles. The summed E-state index contributed by atoms with van der Waals surface area (Å²) < 4.78 is 22.7. The maximum absolute atomic E-state index is 15.0. The van der Waals surface area contributed by atoms with Gasteiger partial charge in [0.25, 0.3) is 0 Å². The van der Waals surface area contributed by atoms with Gasteiger partial charge < -0.3 is 14.2 Å². The van der Waals surface area contributed by atoms with E-state index in [0.717, 1.165) is 50.3 Å². The molecule has 0 bridgehead atoms. The van der Waals surface area contributed by atoms with Crippen molar-refractivity contribution in [3.63, 3.8) is 0 Å². The van der Waals surface area contributed by atoms with Crippen molar-refractivity contribution in [2.45, 2.75) is 136 Å². The number of esters is 3. The second kappa shape index (κ2) is 15.3. The number of methoxy groups -OCH3 is 2. The third kappa shape index (κ3) is 7.01. The van der Waals surface area contributed by atoms with Crippen LogP contribution >= 0.6 is 0 Å². The maximum atomic E-state index is 15.0. The van der Waals surface area contributed by atoms with Gasteiger partial charge in [0.05, 0.1) is 19.6 Å². The first kappa shape index (κ1) is 42.7. The molecule has 6 rings (SSSR count). The van der Waals surface area contributed by atoms with Crippen molar-refractivity contribution in [3.05, 3.63) is 41.5 Å². The predicted octanol–water partition coefficient (Wildman–Crippen LogP) is 8.57. The molecule has 4 saturated carbocycles. The number of benzene rings is 1. The van der Waals surface area contributed by atoms with Crippen molar-refractivity contribution in [2.24, 2.45) is 56.0 Å². The van der Waals surface area contributed by atoms with Crippen molar-refractivity contribution in [3.8, 4) is 11.5 Å². The Labute approximate surface area is 340 Å². The number of ether oxygens (including phenoxy) is 4. The quantitative estimate of drug-likeness (QED) is 0.107. The third-order valence-electron chi connectivity index (χ3n) is 16.2. The van der Waals surface area contributed by atoms with E-state index < -0.39 is 17.4 Å². The smallest absolute Gasteiger partial charge is 0.493 e. The van der Waals surface area contributed by atoms with E-state index in [0.29, 0.717) is 51.3 Å². The minimum atomic E-state index is -0.762. The molecule has 308 valence electrons. The summed E-state index contributed by atoms with van der Waals surface area (Å²) in [6.07, 6.45) is 13.1. The standard InChI is InChI=1S/C46H65NO8Se/c1-41(2)35-15-19-46(7)38(44(35,5)18-16-36(41)55-39(50)31(47)17-24-56-10)32(48)26-29-30-27-43(4,21-20-42(30,3)22-23-45(29,46)6)40(51)54-33-13-11-28(25-34(33)52-8)12-14-37(49)53-9/h11-14,25-26,30-31,35-36,38H,15-24,27,47H2,1-10H3/b14-12+/t30-,31-,35-,36-,38+,42+,43-,44-,45+,46+/m0/s1. The monoisotopic (exact) mass is 839 g/mol. The number of carbonyl (C=O) groups excluding carboxylic acids is 4. The minimum Gasteiger partial charge on any atom is -0.493 e. The summed E-state index contributed by atoms with van der Waals surface area (Å²) in [6.45, 7) is 16.0.